The van der Waals surface area contributed by atoms with Crippen molar-refractivity contribution in [2.75, 3.05) is 26.9 Å². The molecule has 1 rings (SSSR count). The van der Waals surface area contributed by atoms with Crippen molar-refractivity contribution in [3.8, 4) is 11.5 Å². The summed E-state index contributed by atoms with van der Waals surface area (Å²) in [4.78, 5) is 0. The Morgan fingerprint density at radius 1 is 1.47 bits per heavy atom. The van der Waals surface area contributed by atoms with E-state index in [-0.39, 0.29) is 11.8 Å². The van der Waals surface area contributed by atoms with Gasteiger partial charge in [-0.3, -0.25) is 0 Å². The average Bonchev–Trinajstić information content (AvgIpc) is 2.38. The van der Waals surface area contributed by atoms with Crippen LogP contribution in [0.1, 0.15) is 25.5 Å². The van der Waals surface area contributed by atoms with Crippen molar-refractivity contribution in [1.82, 2.24) is 5.32 Å². The molecular weight excluding hydrogens is 242 g/mol. The number of rotatable bonds is 8. The largest absolute Gasteiger partial charge is 0.508 e. The zero-order chi connectivity index (χ0) is 14.3. The van der Waals surface area contributed by atoms with E-state index in [4.69, 9.17) is 9.47 Å². The van der Waals surface area contributed by atoms with Gasteiger partial charge in [-0.25, -0.2) is 0 Å². The van der Waals surface area contributed by atoms with Gasteiger partial charge in [0, 0.05) is 18.2 Å². The van der Waals surface area contributed by atoms with Crippen LogP contribution in [0.25, 0.3) is 0 Å². The van der Waals surface area contributed by atoms with Gasteiger partial charge in [-0.15, -0.1) is 0 Å². The number of benzene rings is 1. The molecule has 0 fully saturated rings. The van der Waals surface area contributed by atoms with Crippen LogP contribution in [0.2, 0.25) is 0 Å². The van der Waals surface area contributed by atoms with Crippen LogP contribution < -0.4 is 10.1 Å². The molecular formula is C15H23NO3. The second-order valence-electron chi connectivity index (χ2n) is 4.61. The number of aromatic hydroxyl groups is 1. The molecule has 0 aliphatic carbocycles. The number of hydrogen-bond acceptors (Lipinski definition) is 4. The molecule has 106 valence electrons. The van der Waals surface area contributed by atoms with Gasteiger partial charge in [0.05, 0.1) is 20.3 Å². The fourth-order valence-electron chi connectivity index (χ4n) is 1.71. The summed E-state index contributed by atoms with van der Waals surface area (Å²) in [6.45, 7) is 9.61. The minimum absolute atomic E-state index is 0.0310. The Kier molecular flexibility index (Phi) is 6.39. The summed E-state index contributed by atoms with van der Waals surface area (Å²) < 4.78 is 10.6. The first-order chi connectivity index (χ1) is 9.04. The molecule has 2 N–H and O–H groups in total. The van der Waals surface area contributed by atoms with Crippen LogP contribution in [0.4, 0.5) is 0 Å². The maximum absolute atomic E-state index is 9.84. The topological polar surface area (TPSA) is 50.7 Å². The first-order valence-corrected chi connectivity index (χ1v) is 6.37. The molecule has 1 aromatic rings. The minimum Gasteiger partial charge on any atom is -0.508 e. The zero-order valence-corrected chi connectivity index (χ0v) is 11.9. The Morgan fingerprint density at radius 3 is 2.84 bits per heavy atom. The van der Waals surface area contributed by atoms with Gasteiger partial charge < -0.3 is 19.9 Å². The van der Waals surface area contributed by atoms with E-state index in [0.717, 1.165) is 16.9 Å². The van der Waals surface area contributed by atoms with Crippen molar-refractivity contribution in [2.45, 2.75) is 19.9 Å². The molecule has 0 amide bonds. The summed E-state index contributed by atoms with van der Waals surface area (Å²) in [6, 6.07) is 5.25. The fourth-order valence-corrected chi connectivity index (χ4v) is 1.71. The van der Waals surface area contributed by atoms with Gasteiger partial charge in [0.25, 0.3) is 0 Å². The monoisotopic (exact) mass is 265 g/mol. The van der Waals surface area contributed by atoms with E-state index in [0.29, 0.717) is 19.8 Å². The SMILES string of the molecule is C=C(C)COCCNC(C)c1cc(OC)ccc1O. The molecule has 0 bridgehead atoms. The standard InChI is InChI=1S/C15H23NO3/c1-11(2)10-19-8-7-16-12(3)14-9-13(18-4)5-6-15(14)17/h5-6,9,12,16-17H,1,7-8,10H2,2-4H3. The maximum Gasteiger partial charge on any atom is 0.120 e. The van der Waals surface area contributed by atoms with Crippen molar-refractivity contribution in [3.05, 3.63) is 35.9 Å². The van der Waals surface area contributed by atoms with E-state index in [9.17, 15) is 5.11 Å². The van der Waals surface area contributed by atoms with E-state index < -0.39 is 0 Å². The van der Waals surface area contributed by atoms with Gasteiger partial charge in [0.15, 0.2) is 0 Å². The first-order valence-electron chi connectivity index (χ1n) is 6.37. The van der Waals surface area contributed by atoms with Gasteiger partial charge in [-0.05, 0) is 32.0 Å². The Balaban J connectivity index is 2.44. The van der Waals surface area contributed by atoms with Crippen molar-refractivity contribution in [3.63, 3.8) is 0 Å². The highest BCUT2D eigenvalue weighted by Gasteiger charge is 2.10. The molecule has 0 aromatic heterocycles. The first kappa shape index (κ1) is 15.5. The summed E-state index contributed by atoms with van der Waals surface area (Å²) in [5.74, 6) is 1.00. The molecule has 0 saturated heterocycles. The summed E-state index contributed by atoms with van der Waals surface area (Å²) in [7, 11) is 1.61. The lowest BCUT2D eigenvalue weighted by molar-refractivity contribution is 0.155. The Labute approximate surface area is 115 Å². The number of ether oxygens (including phenoxy) is 2. The summed E-state index contributed by atoms with van der Waals surface area (Å²) in [5.41, 5.74) is 1.83. The maximum atomic E-state index is 9.84. The molecule has 0 aliphatic rings. The number of phenols is 1. The lowest BCUT2D eigenvalue weighted by atomic mass is 10.1. The third kappa shape index (κ3) is 5.32. The highest BCUT2D eigenvalue weighted by Crippen LogP contribution is 2.27. The van der Waals surface area contributed by atoms with Crippen LogP contribution in [-0.2, 0) is 4.74 Å². The molecule has 0 spiro atoms. The molecule has 1 aromatic carbocycles. The fraction of sp³-hybridized carbons (Fsp3) is 0.467. The minimum atomic E-state index is 0.0310. The summed E-state index contributed by atoms with van der Waals surface area (Å²) in [6.07, 6.45) is 0. The van der Waals surface area contributed by atoms with E-state index in [2.05, 4.69) is 11.9 Å². The zero-order valence-electron chi connectivity index (χ0n) is 11.9. The Hall–Kier alpha value is -1.52. The van der Waals surface area contributed by atoms with E-state index in [1.807, 2.05) is 19.9 Å². The normalized spacial score (nSPS) is 12.2. The molecule has 0 heterocycles. The molecule has 1 unspecified atom stereocenters. The molecule has 0 saturated carbocycles. The smallest absolute Gasteiger partial charge is 0.120 e. The van der Waals surface area contributed by atoms with Gasteiger partial charge in [-0.2, -0.15) is 0 Å². The van der Waals surface area contributed by atoms with Crippen LogP contribution in [0.3, 0.4) is 0 Å². The van der Waals surface area contributed by atoms with Gasteiger partial charge in [-0.1, -0.05) is 12.2 Å². The molecule has 0 aliphatic heterocycles. The molecule has 4 nitrogen and oxygen atoms in total. The predicted molar refractivity (Wildman–Crippen MR) is 76.7 cm³/mol. The van der Waals surface area contributed by atoms with Crippen LogP contribution >= 0.6 is 0 Å². The summed E-state index contributed by atoms with van der Waals surface area (Å²) in [5, 5.41) is 13.1. The lowest BCUT2D eigenvalue weighted by Crippen LogP contribution is -2.23. The number of methoxy groups -OCH3 is 1. The lowest BCUT2D eigenvalue weighted by Gasteiger charge is -2.16. The Bertz CT molecular complexity index is 418. The van der Waals surface area contributed by atoms with Gasteiger partial charge >= 0.3 is 0 Å². The quantitative estimate of drug-likeness (QED) is 0.560. The third-order valence-corrected chi connectivity index (χ3v) is 2.75. The van der Waals surface area contributed by atoms with Crippen molar-refractivity contribution in [2.24, 2.45) is 0 Å². The van der Waals surface area contributed by atoms with E-state index >= 15 is 0 Å². The number of phenolic OH excluding ortho intramolecular Hbond substituents is 1. The van der Waals surface area contributed by atoms with Crippen molar-refractivity contribution < 1.29 is 14.6 Å². The second kappa shape index (κ2) is 7.81. The van der Waals surface area contributed by atoms with Gasteiger partial charge in [0.2, 0.25) is 0 Å². The van der Waals surface area contributed by atoms with Crippen LogP contribution in [0, 0.1) is 0 Å². The van der Waals surface area contributed by atoms with Crippen molar-refractivity contribution in [1.29, 1.82) is 0 Å². The highest BCUT2D eigenvalue weighted by atomic mass is 16.5. The Morgan fingerprint density at radius 2 is 2.21 bits per heavy atom. The molecule has 1 atom stereocenters. The number of nitrogens with one attached hydrogen (secondary N) is 1. The van der Waals surface area contributed by atoms with E-state index in [1.165, 1.54) is 0 Å². The van der Waals surface area contributed by atoms with Crippen molar-refractivity contribution >= 4 is 0 Å². The van der Waals surface area contributed by atoms with Gasteiger partial charge in [0.1, 0.15) is 11.5 Å². The second-order valence-corrected chi connectivity index (χ2v) is 4.61. The number of hydrogen-bond donors (Lipinski definition) is 2. The predicted octanol–water partition coefficient (Wildman–Crippen LogP) is 2.64. The summed E-state index contributed by atoms with van der Waals surface area (Å²) >= 11 is 0. The van der Waals surface area contributed by atoms with E-state index in [1.54, 1.807) is 19.2 Å². The van der Waals surface area contributed by atoms with Crippen LogP contribution in [0.15, 0.2) is 30.4 Å². The highest BCUT2D eigenvalue weighted by molar-refractivity contribution is 5.41. The third-order valence-electron chi connectivity index (χ3n) is 2.75. The van der Waals surface area contributed by atoms with Crippen LogP contribution in [-0.4, -0.2) is 32.0 Å². The van der Waals surface area contributed by atoms with Crippen LogP contribution in [0.5, 0.6) is 11.5 Å². The molecule has 0 radical (unpaired) electrons. The average molecular weight is 265 g/mol. The molecule has 19 heavy (non-hydrogen) atoms. The molecule has 4 heteroatoms.